The van der Waals surface area contributed by atoms with Gasteiger partial charge in [0.2, 0.25) is 0 Å². The van der Waals surface area contributed by atoms with Gasteiger partial charge in [-0.15, -0.1) is 0 Å². The highest BCUT2D eigenvalue weighted by Crippen LogP contribution is 2.43. The van der Waals surface area contributed by atoms with Gasteiger partial charge in [-0.1, -0.05) is 17.7 Å². The van der Waals surface area contributed by atoms with Crippen LogP contribution in [0, 0.1) is 18.6 Å². The van der Waals surface area contributed by atoms with Gasteiger partial charge in [-0.25, -0.2) is 8.78 Å². The standard InChI is InChI=1S/C23H22ClF2NO3/c1-12-16(9-14(11-18(12)25)13-3-4-17(24)19(26)10-13)20-21(28)23(27-22(20)29)7-5-15(30-2)6-8-23/h3-4,9-11,15,28H,5-8H2,1-2H3,(H,27,29). The van der Waals surface area contributed by atoms with E-state index in [1.54, 1.807) is 26.2 Å². The molecule has 1 heterocycles. The minimum atomic E-state index is -0.854. The summed E-state index contributed by atoms with van der Waals surface area (Å²) in [5.41, 5.74) is 0.561. The maximum Gasteiger partial charge on any atom is 0.256 e. The van der Waals surface area contributed by atoms with Crippen molar-refractivity contribution < 1.29 is 23.4 Å². The van der Waals surface area contributed by atoms with Crippen molar-refractivity contribution in [1.82, 2.24) is 5.32 Å². The molecule has 0 unspecified atom stereocenters. The number of hydrogen-bond donors (Lipinski definition) is 2. The summed E-state index contributed by atoms with van der Waals surface area (Å²) in [6.07, 6.45) is 2.57. The number of nitrogens with one attached hydrogen (secondary N) is 1. The summed E-state index contributed by atoms with van der Waals surface area (Å²) in [7, 11) is 1.65. The van der Waals surface area contributed by atoms with Gasteiger partial charge in [0.05, 0.1) is 22.2 Å². The van der Waals surface area contributed by atoms with Crippen LogP contribution in [-0.4, -0.2) is 29.8 Å². The van der Waals surface area contributed by atoms with Gasteiger partial charge in [-0.05, 0) is 79.1 Å². The Hall–Kier alpha value is -2.44. The van der Waals surface area contributed by atoms with Crippen molar-refractivity contribution in [2.45, 2.75) is 44.2 Å². The summed E-state index contributed by atoms with van der Waals surface area (Å²) < 4.78 is 34.1. The van der Waals surface area contributed by atoms with E-state index >= 15 is 0 Å². The van der Waals surface area contributed by atoms with Crippen LogP contribution in [0.2, 0.25) is 5.02 Å². The third-order valence-corrected chi connectivity index (χ3v) is 6.56. The monoisotopic (exact) mass is 433 g/mol. The number of hydrogen-bond acceptors (Lipinski definition) is 3. The molecule has 2 aromatic carbocycles. The fourth-order valence-corrected chi connectivity index (χ4v) is 4.52. The molecule has 0 bridgehead atoms. The van der Waals surface area contributed by atoms with E-state index in [1.165, 1.54) is 18.2 Å². The van der Waals surface area contributed by atoms with E-state index in [4.69, 9.17) is 16.3 Å². The lowest BCUT2D eigenvalue weighted by molar-refractivity contribution is -0.116. The van der Waals surface area contributed by atoms with Gasteiger partial charge in [-0.3, -0.25) is 4.79 Å². The lowest BCUT2D eigenvalue weighted by Crippen LogP contribution is -2.48. The number of benzene rings is 2. The number of carbonyl (C=O) groups is 1. The fourth-order valence-electron chi connectivity index (χ4n) is 4.40. The first kappa shape index (κ1) is 20.8. The van der Waals surface area contributed by atoms with Crippen LogP contribution in [0.25, 0.3) is 16.7 Å². The molecule has 0 saturated heterocycles. The maximum atomic E-state index is 14.8. The van der Waals surface area contributed by atoms with Crippen LogP contribution in [-0.2, 0) is 9.53 Å². The minimum Gasteiger partial charge on any atom is -0.509 e. The van der Waals surface area contributed by atoms with Crippen molar-refractivity contribution in [3.8, 4) is 11.1 Å². The van der Waals surface area contributed by atoms with Crippen LogP contribution >= 0.6 is 11.6 Å². The van der Waals surface area contributed by atoms with Crippen molar-refractivity contribution in [2.75, 3.05) is 7.11 Å². The van der Waals surface area contributed by atoms with E-state index in [0.717, 1.165) is 0 Å². The van der Waals surface area contributed by atoms with Crippen LogP contribution in [0.5, 0.6) is 0 Å². The van der Waals surface area contributed by atoms with Crippen LogP contribution < -0.4 is 5.32 Å². The largest absolute Gasteiger partial charge is 0.509 e. The molecule has 0 aromatic heterocycles. The van der Waals surface area contributed by atoms with Crippen molar-refractivity contribution in [3.05, 3.63) is 63.9 Å². The number of aliphatic hydroxyl groups excluding tert-OH is 1. The van der Waals surface area contributed by atoms with Crippen LogP contribution in [0.3, 0.4) is 0 Å². The highest BCUT2D eigenvalue weighted by molar-refractivity contribution is 6.30. The third-order valence-electron chi connectivity index (χ3n) is 6.26. The molecule has 0 radical (unpaired) electrons. The van der Waals surface area contributed by atoms with E-state index in [0.29, 0.717) is 42.4 Å². The molecule has 2 aliphatic rings. The first-order valence-electron chi connectivity index (χ1n) is 9.80. The molecule has 30 heavy (non-hydrogen) atoms. The van der Waals surface area contributed by atoms with Gasteiger partial charge in [-0.2, -0.15) is 0 Å². The quantitative estimate of drug-likeness (QED) is 0.688. The molecule has 1 fully saturated rings. The predicted molar refractivity (Wildman–Crippen MR) is 111 cm³/mol. The zero-order valence-corrected chi connectivity index (χ0v) is 17.4. The van der Waals surface area contributed by atoms with Gasteiger partial charge >= 0.3 is 0 Å². The van der Waals surface area contributed by atoms with Crippen molar-refractivity contribution in [3.63, 3.8) is 0 Å². The van der Waals surface area contributed by atoms with Crippen LogP contribution in [0.1, 0.15) is 36.8 Å². The number of carbonyl (C=O) groups excluding carboxylic acids is 1. The van der Waals surface area contributed by atoms with Crippen molar-refractivity contribution >= 4 is 23.1 Å². The Morgan fingerprint density at radius 2 is 1.80 bits per heavy atom. The summed E-state index contributed by atoms with van der Waals surface area (Å²) in [6, 6.07) is 7.08. The van der Waals surface area contributed by atoms with Gasteiger partial charge in [0, 0.05) is 7.11 Å². The van der Waals surface area contributed by atoms with Crippen molar-refractivity contribution in [2.24, 2.45) is 0 Å². The lowest BCUT2D eigenvalue weighted by atomic mass is 9.79. The minimum absolute atomic E-state index is 0.0318. The molecule has 1 saturated carbocycles. The van der Waals surface area contributed by atoms with E-state index in [1.807, 2.05) is 0 Å². The van der Waals surface area contributed by atoms with Crippen molar-refractivity contribution in [1.29, 1.82) is 0 Å². The molecular formula is C23H22ClF2NO3. The Bertz CT molecular complexity index is 1060. The Morgan fingerprint density at radius 3 is 2.43 bits per heavy atom. The van der Waals surface area contributed by atoms with E-state index < -0.39 is 23.1 Å². The van der Waals surface area contributed by atoms with E-state index in [-0.39, 0.29) is 28.0 Å². The molecular weight excluding hydrogens is 412 g/mol. The Morgan fingerprint density at radius 1 is 1.13 bits per heavy atom. The highest BCUT2D eigenvalue weighted by Gasteiger charge is 2.48. The zero-order valence-electron chi connectivity index (χ0n) is 16.7. The second kappa shape index (κ2) is 7.67. The number of methoxy groups -OCH3 is 1. The highest BCUT2D eigenvalue weighted by atomic mass is 35.5. The summed E-state index contributed by atoms with van der Waals surface area (Å²) in [4.78, 5) is 12.9. The molecule has 158 valence electrons. The van der Waals surface area contributed by atoms with Gasteiger partial charge in [0.15, 0.2) is 0 Å². The topological polar surface area (TPSA) is 58.6 Å². The molecule has 1 spiro atoms. The molecule has 7 heteroatoms. The number of aliphatic hydroxyl groups is 1. The first-order valence-corrected chi connectivity index (χ1v) is 10.2. The molecule has 1 aliphatic carbocycles. The van der Waals surface area contributed by atoms with Gasteiger partial charge < -0.3 is 15.2 Å². The zero-order chi connectivity index (χ0) is 21.6. The summed E-state index contributed by atoms with van der Waals surface area (Å²) in [5.74, 6) is -1.67. The number of ether oxygens (including phenoxy) is 1. The molecule has 4 nitrogen and oxygen atoms in total. The second-order valence-electron chi connectivity index (χ2n) is 7.95. The molecule has 0 atom stereocenters. The maximum absolute atomic E-state index is 14.8. The first-order chi connectivity index (χ1) is 14.3. The summed E-state index contributed by atoms with van der Waals surface area (Å²) >= 11 is 5.75. The number of rotatable bonds is 3. The average Bonchev–Trinajstić information content (AvgIpc) is 2.96. The second-order valence-corrected chi connectivity index (χ2v) is 8.36. The van der Waals surface area contributed by atoms with E-state index in [2.05, 4.69) is 5.32 Å². The predicted octanol–water partition coefficient (Wildman–Crippen LogP) is 5.32. The lowest BCUT2D eigenvalue weighted by Gasteiger charge is -2.36. The average molecular weight is 434 g/mol. The molecule has 2 aromatic rings. The Balaban J connectivity index is 1.80. The Labute approximate surface area is 178 Å². The van der Waals surface area contributed by atoms with E-state index in [9.17, 15) is 18.7 Å². The molecule has 4 rings (SSSR count). The fraction of sp³-hybridized carbons (Fsp3) is 0.348. The molecule has 2 N–H and O–H groups in total. The number of halogens is 3. The summed E-state index contributed by atoms with van der Waals surface area (Å²) in [6.45, 7) is 1.55. The van der Waals surface area contributed by atoms with Crippen LogP contribution in [0.15, 0.2) is 36.1 Å². The number of amides is 1. The summed E-state index contributed by atoms with van der Waals surface area (Å²) in [5, 5.41) is 13.9. The molecule has 1 aliphatic heterocycles. The normalized spacial score (nSPS) is 23.9. The van der Waals surface area contributed by atoms with Crippen LogP contribution in [0.4, 0.5) is 8.78 Å². The van der Waals surface area contributed by atoms with Gasteiger partial charge in [0.25, 0.3) is 5.91 Å². The smallest absolute Gasteiger partial charge is 0.256 e. The molecule has 1 amide bonds. The Kier molecular flexibility index (Phi) is 5.32. The van der Waals surface area contributed by atoms with Gasteiger partial charge in [0.1, 0.15) is 17.4 Å². The SMILES string of the molecule is COC1CCC2(CC1)NC(=O)C(c1cc(-c3ccc(Cl)c(F)c3)cc(F)c1C)=C2O. The third kappa shape index (κ3) is 3.38.